The Balaban J connectivity index is 1.40. The van der Waals surface area contributed by atoms with Gasteiger partial charge in [-0.1, -0.05) is 54.6 Å². The van der Waals surface area contributed by atoms with Gasteiger partial charge in [-0.3, -0.25) is 9.59 Å². The Morgan fingerprint density at radius 2 is 1.68 bits per heavy atom. The second-order valence-electron chi connectivity index (χ2n) is 8.27. The van der Waals surface area contributed by atoms with Crippen molar-refractivity contribution >= 4 is 11.8 Å². The first-order chi connectivity index (χ1) is 13.5. The van der Waals surface area contributed by atoms with Crippen LogP contribution in [0.2, 0.25) is 0 Å². The molecule has 4 nitrogen and oxygen atoms in total. The summed E-state index contributed by atoms with van der Waals surface area (Å²) in [6.07, 6.45) is 1.59. The molecule has 28 heavy (non-hydrogen) atoms. The van der Waals surface area contributed by atoms with Crippen molar-refractivity contribution in [3.05, 3.63) is 71.3 Å². The molecule has 1 fully saturated rings. The van der Waals surface area contributed by atoms with E-state index in [1.165, 1.54) is 11.1 Å². The van der Waals surface area contributed by atoms with Gasteiger partial charge in [-0.25, -0.2) is 0 Å². The van der Waals surface area contributed by atoms with Gasteiger partial charge in [-0.05, 0) is 43.4 Å². The molecule has 0 bridgehead atoms. The highest BCUT2D eigenvalue weighted by molar-refractivity contribution is 5.92. The number of fused-ring (bicyclic) bond motifs is 1. The lowest BCUT2D eigenvalue weighted by atomic mass is 9.99. The van der Waals surface area contributed by atoms with Gasteiger partial charge in [-0.15, -0.1) is 0 Å². The predicted octanol–water partition coefficient (Wildman–Crippen LogP) is 3.64. The molecule has 0 radical (unpaired) electrons. The number of hydrogen-bond acceptors (Lipinski definition) is 2. The van der Waals surface area contributed by atoms with E-state index in [1.54, 1.807) is 0 Å². The molecular weight excluding hydrogens is 348 g/mol. The summed E-state index contributed by atoms with van der Waals surface area (Å²) in [7, 11) is 0. The van der Waals surface area contributed by atoms with Crippen molar-refractivity contribution in [2.75, 3.05) is 6.54 Å². The fourth-order valence-electron chi connectivity index (χ4n) is 4.17. The molecule has 0 saturated heterocycles. The zero-order chi connectivity index (χ0) is 19.7. The van der Waals surface area contributed by atoms with Gasteiger partial charge in [0.1, 0.15) is 0 Å². The van der Waals surface area contributed by atoms with E-state index < -0.39 is 0 Å². The summed E-state index contributed by atoms with van der Waals surface area (Å²) in [5.41, 5.74) is 3.70. The van der Waals surface area contributed by atoms with Crippen molar-refractivity contribution in [2.45, 2.75) is 45.8 Å². The second-order valence-corrected chi connectivity index (χ2v) is 8.27. The molecule has 4 heteroatoms. The molecule has 2 aromatic carbocycles. The normalized spacial score (nSPS) is 20.6. The molecule has 1 aliphatic heterocycles. The zero-order valence-corrected chi connectivity index (χ0v) is 16.7. The highest BCUT2D eigenvalue weighted by Crippen LogP contribution is 2.42. The van der Waals surface area contributed by atoms with E-state index >= 15 is 0 Å². The Bertz CT molecular complexity index is 862. The van der Waals surface area contributed by atoms with Crippen LogP contribution in [-0.4, -0.2) is 34.2 Å². The van der Waals surface area contributed by atoms with Crippen molar-refractivity contribution < 1.29 is 9.59 Å². The van der Waals surface area contributed by atoms with Crippen LogP contribution in [0.5, 0.6) is 0 Å². The highest BCUT2D eigenvalue weighted by atomic mass is 16.2. The molecule has 0 aromatic heterocycles. The summed E-state index contributed by atoms with van der Waals surface area (Å²) in [6, 6.07) is 18.5. The third-order valence-corrected chi connectivity index (χ3v) is 5.97. The monoisotopic (exact) mass is 376 g/mol. The fraction of sp³-hybridized carbons (Fsp3) is 0.417. The Morgan fingerprint density at radius 3 is 2.39 bits per heavy atom. The van der Waals surface area contributed by atoms with Crippen LogP contribution in [0, 0.1) is 11.8 Å². The average Bonchev–Trinajstić information content (AvgIpc) is 3.52. The standard InChI is InChI=1S/C24H28N2O2/c1-17(2)26(15-18-8-4-3-5-9-18)24(28)22-14-21(22)23(27)25-13-12-19-10-6-7-11-20(19)16-25/h3-11,17,21-22H,12-16H2,1-2H3. The maximum Gasteiger partial charge on any atom is 0.227 e. The number of carbonyl (C=O) groups excluding carboxylic acids is 2. The largest absolute Gasteiger partial charge is 0.338 e. The summed E-state index contributed by atoms with van der Waals surface area (Å²) >= 11 is 0. The van der Waals surface area contributed by atoms with Crippen LogP contribution < -0.4 is 0 Å². The zero-order valence-electron chi connectivity index (χ0n) is 16.7. The third-order valence-electron chi connectivity index (χ3n) is 5.97. The number of nitrogens with zero attached hydrogens (tertiary/aromatic N) is 2. The Kier molecular flexibility index (Phi) is 5.21. The average molecular weight is 377 g/mol. The van der Waals surface area contributed by atoms with Gasteiger partial charge in [0.15, 0.2) is 0 Å². The van der Waals surface area contributed by atoms with Gasteiger partial charge in [0.05, 0.1) is 11.8 Å². The Labute approximate surface area is 167 Å². The first-order valence-electron chi connectivity index (χ1n) is 10.2. The Morgan fingerprint density at radius 1 is 1.00 bits per heavy atom. The van der Waals surface area contributed by atoms with Gasteiger partial charge >= 0.3 is 0 Å². The molecule has 146 valence electrons. The van der Waals surface area contributed by atoms with E-state index in [2.05, 4.69) is 18.2 Å². The van der Waals surface area contributed by atoms with Gasteiger partial charge in [0.25, 0.3) is 0 Å². The number of benzene rings is 2. The van der Waals surface area contributed by atoms with E-state index in [4.69, 9.17) is 0 Å². The number of amides is 2. The van der Waals surface area contributed by atoms with Crippen molar-refractivity contribution in [2.24, 2.45) is 11.8 Å². The molecule has 4 rings (SSSR count). The maximum absolute atomic E-state index is 13.1. The minimum absolute atomic E-state index is 0.117. The lowest BCUT2D eigenvalue weighted by Crippen LogP contribution is -2.40. The third kappa shape index (κ3) is 3.82. The molecule has 0 N–H and O–H groups in total. The van der Waals surface area contributed by atoms with Crippen molar-refractivity contribution in [1.29, 1.82) is 0 Å². The van der Waals surface area contributed by atoms with Crippen LogP contribution in [0.4, 0.5) is 0 Å². The smallest absolute Gasteiger partial charge is 0.227 e. The van der Waals surface area contributed by atoms with E-state index in [-0.39, 0.29) is 29.7 Å². The van der Waals surface area contributed by atoms with Crippen LogP contribution in [-0.2, 0) is 29.1 Å². The van der Waals surface area contributed by atoms with Gasteiger partial charge < -0.3 is 9.80 Å². The second kappa shape index (κ2) is 7.78. The molecule has 2 aliphatic rings. The summed E-state index contributed by atoms with van der Waals surface area (Å²) in [4.78, 5) is 30.0. The molecular formula is C24H28N2O2. The van der Waals surface area contributed by atoms with Crippen LogP contribution >= 0.6 is 0 Å². The quantitative estimate of drug-likeness (QED) is 0.799. The van der Waals surface area contributed by atoms with Crippen LogP contribution in [0.15, 0.2) is 54.6 Å². The molecule has 1 aliphatic carbocycles. The molecule has 1 heterocycles. The van der Waals surface area contributed by atoms with E-state index in [0.717, 1.165) is 18.5 Å². The molecule has 1 saturated carbocycles. The summed E-state index contributed by atoms with van der Waals surface area (Å²) in [5.74, 6) is -0.0311. The first kappa shape index (κ1) is 18.7. The molecule has 2 unspecified atom stereocenters. The van der Waals surface area contributed by atoms with E-state index in [0.29, 0.717) is 19.5 Å². The van der Waals surface area contributed by atoms with Crippen molar-refractivity contribution in [3.63, 3.8) is 0 Å². The maximum atomic E-state index is 13.1. The van der Waals surface area contributed by atoms with Gasteiger partial charge in [0, 0.05) is 25.7 Å². The minimum atomic E-state index is -0.157. The first-order valence-corrected chi connectivity index (χ1v) is 10.2. The van der Waals surface area contributed by atoms with E-state index in [1.807, 2.05) is 60.0 Å². The van der Waals surface area contributed by atoms with Crippen LogP contribution in [0.1, 0.15) is 37.0 Å². The molecule has 0 spiro atoms. The summed E-state index contributed by atoms with van der Waals surface area (Å²) in [5, 5.41) is 0. The minimum Gasteiger partial charge on any atom is -0.338 e. The molecule has 2 atom stereocenters. The predicted molar refractivity (Wildman–Crippen MR) is 109 cm³/mol. The van der Waals surface area contributed by atoms with Crippen molar-refractivity contribution in [3.8, 4) is 0 Å². The van der Waals surface area contributed by atoms with E-state index in [9.17, 15) is 9.59 Å². The topological polar surface area (TPSA) is 40.6 Å². The Hall–Kier alpha value is -2.62. The number of carbonyl (C=O) groups is 2. The highest BCUT2D eigenvalue weighted by Gasteiger charge is 2.51. The summed E-state index contributed by atoms with van der Waals surface area (Å²) < 4.78 is 0. The van der Waals surface area contributed by atoms with Crippen LogP contribution in [0.3, 0.4) is 0 Å². The lowest BCUT2D eigenvalue weighted by Gasteiger charge is -2.30. The SMILES string of the molecule is CC(C)N(Cc1ccccc1)C(=O)C1CC1C(=O)N1CCc2ccccc2C1. The number of rotatable bonds is 5. The number of hydrogen-bond donors (Lipinski definition) is 0. The molecule has 2 amide bonds. The van der Waals surface area contributed by atoms with Gasteiger partial charge in [-0.2, -0.15) is 0 Å². The summed E-state index contributed by atoms with van der Waals surface area (Å²) in [6.45, 7) is 6.12. The lowest BCUT2D eigenvalue weighted by molar-refractivity contribution is -0.139. The van der Waals surface area contributed by atoms with Crippen molar-refractivity contribution in [1.82, 2.24) is 9.80 Å². The fourth-order valence-corrected chi connectivity index (χ4v) is 4.17. The van der Waals surface area contributed by atoms with Crippen LogP contribution in [0.25, 0.3) is 0 Å². The van der Waals surface area contributed by atoms with Gasteiger partial charge in [0.2, 0.25) is 11.8 Å². The molecule has 2 aromatic rings.